The van der Waals surface area contributed by atoms with E-state index < -0.39 is 6.61 Å². The molecule has 1 aliphatic rings. The van der Waals surface area contributed by atoms with Gasteiger partial charge in [0.25, 0.3) is 0 Å². The number of alkyl halides is 2. The minimum Gasteiger partial charge on any atom is -0.435 e. The van der Waals surface area contributed by atoms with E-state index in [-0.39, 0.29) is 5.75 Å². The van der Waals surface area contributed by atoms with Crippen molar-refractivity contribution in [3.63, 3.8) is 0 Å². The molecule has 0 amide bonds. The molecule has 2 rings (SSSR count). The fourth-order valence-corrected chi connectivity index (χ4v) is 2.87. The average molecular weight is 283 g/mol. The van der Waals surface area contributed by atoms with Crippen molar-refractivity contribution in [3.05, 3.63) is 29.8 Å². The van der Waals surface area contributed by atoms with E-state index in [1.165, 1.54) is 32.1 Å². The van der Waals surface area contributed by atoms with Crippen LogP contribution in [0.2, 0.25) is 0 Å². The number of halogens is 2. The Morgan fingerprint density at radius 1 is 1.15 bits per heavy atom. The molecule has 0 saturated heterocycles. The third-order valence-electron chi connectivity index (χ3n) is 4.13. The summed E-state index contributed by atoms with van der Waals surface area (Å²) in [5.41, 5.74) is 1.09. The van der Waals surface area contributed by atoms with E-state index in [4.69, 9.17) is 0 Å². The predicted octanol–water partition coefficient (Wildman–Crippen LogP) is 4.35. The van der Waals surface area contributed by atoms with Gasteiger partial charge < -0.3 is 10.1 Å². The minimum absolute atomic E-state index is 0.212. The Balaban J connectivity index is 1.78. The maximum Gasteiger partial charge on any atom is 0.387 e. The Labute approximate surface area is 119 Å². The first-order chi connectivity index (χ1) is 9.65. The lowest BCUT2D eigenvalue weighted by atomic mass is 9.84. The first-order valence-corrected chi connectivity index (χ1v) is 7.42. The van der Waals surface area contributed by atoms with Crippen LogP contribution in [-0.4, -0.2) is 12.7 Å². The summed E-state index contributed by atoms with van der Waals surface area (Å²) in [5, 5.41) is 3.54. The molecule has 0 radical (unpaired) electrons. The third kappa shape index (κ3) is 4.75. The summed E-state index contributed by atoms with van der Waals surface area (Å²) in [7, 11) is 0. The number of hydrogen-bond donors (Lipinski definition) is 1. The molecule has 20 heavy (non-hydrogen) atoms. The van der Waals surface area contributed by atoms with Crippen molar-refractivity contribution in [2.75, 3.05) is 0 Å². The molecular weight excluding hydrogens is 260 g/mol. The van der Waals surface area contributed by atoms with E-state index in [0.717, 1.165) is 18.0 Å². The predicted molar refractivity (Wildman–Crippen MR) is 76.0 cm³/mol. The monoisotopic (exact) mass is 283 g/mol. The van der Waals surface area contributed by atoms with Crippen molar-refractivity contribution >= 4 is 0 Å². The van der Waals surface area contributed by atoms with Crippen LogP contribution in [0.15, 0.2) is 24.3 Å². The SMILES string of the molecule is C[C@@H](NCc1ccc(OC(F)F)cc1)C1CCCCC1. The molecule has 1 aromatic carbocycles. The maximum absolute atomic E-state index is 12.0. The Hall–Kier alpha value is -1.16. The van der Waals surface area contributed by atoms with E-state index in [9.17, 15) is 8.78 Å². The number of rotatable bonds is 6. The number of benzene rings is 1. The van der Waals surface area contributed by atoms with Gasteiger partial charge in [0.15, 0.2) is 0 Å². The molecule has 1 saturated carbocycles. The third-order valence-corrected chi connectivity index (χ3v) is 4.13. The van der Waals surface area contributed by atoms with E-state index in [1.807, 2.05) is 12.1 Å². The quantitative estimate of drug-likeness (QED) is 0.838. The van der Waals surface area contributed by atoms with Crippen LogP contribution in [0.3, 0.4) is 0 Å². The van der Waals surface area contributed by atoms with Crippen molar-refractivity contribution in [2.24, 2.45) is 5.92 Å². The average Bonchev–Trinajstić information content (AvgIpc) is 2.46. The molecule has 0 unspecified atom stereocenters. The van der Waals surface area contributed by atoms with Gasteiger partial charge in [0.05, 0.1) is 0 Å². The molecule has 0 aromatic heterocycles. The second-order valence-electron chi connectivity index (χ2n) is 5.59. The highest BCUT2D eigenvalue weighted by Gasteiger charge is 2.19. The van der Waals surface area contributed by atoms with Gasteiger partial charge in [0.2, 0.25) is 0 Å². The van der Waals surface area contributed by atoms with E-state index in [2.05, 4.69) is 17.0 Å². The molecule has 1 fully saturated rings. The van der Waals surface area contributed by atoms with Gasteiger partial charge in [0, 0.05) is 12.6 Å². The van der Waals surface area contributed by atoms with Gasteiger partial charge in [-0.25, -0.2) is 0 Å². The highest BCUT2D eigenvalue weighted by Crippen LogP contribution is 2.26. The molecule has 0 heterocycles. The van der Waals surface area contributed by atoms with Crippen molar-refractivity contribution in [1.82, 2.24) is 5.32 Å². The van der Waals surface area contributed by atoms with Crippen LogP contribution in [0.4, 0.5) is 8.78 Å². The summed E-state index contributed by atoms with van der Waals surface area (Å²) in [5.74, 6) is 0.981. The smallest absolute Gasteiger partial charge is 0.387 e. The topological polar surface area (TPSA) is 21.3 Å². The van der Waals surface area contributed by atoms with Crippen LogP contribution >= 0.6 is 0 Å². The van der Waals surface area contributed by atoms with Crippen LogP contribution in [0.5, 0.6) is 5.75 Å². The molecule has 0 aliphatic heterocycles. The molecular formula is C16H23F2NO. The summed E-state index contributed by atoms with van der Waals surface area (Å²) < 4.78 is 28.4. The van der Waals surface area contributed by atoms with Gasteiger partial charge in [-0.3, -0.25) is 0 Å². The summed E-state index contributed by atoms with van der Waals surface area (Å²) in [6.07, 6.45) is 6.69. The zero-order valence-electron chi connectivity index (χ0n) is 11.9. The largest absolute Gasteiger partial charge is 0.435 e. The van der Waals surface area contributed by atoms with Crippen LogP contribution < -0.4 is 10.1 Å². The standard InChI is InChI=1S/C16H23F2NO/c1-12(14-5-3-2-4-6-14)19-11-13-7-9-15(10-8-13)20-16(17)18/h7-10,12,14,16,19H,2-6,11H2,1H3/t12-/m1/s1. The van der Waals surface area contributed by atoms with Gasteiger partial charge in [-0.2, -0.15) is 8.78 Å². The zero-order valence-corrected chi connectivity index (χ0v) is 11.9. The summed E-state index contributed by atoms with van der Waals surface area (Å²) >= 11 is 0. The van der Waals surface area contributed by atoms with Crippen LogP contribution in [0, 0.1) is 5.92 Å². The van der Waals surface area contributed by atoms with Crippen molar-refractivity contribution < 1.29 is 13.5 Å². The summed E-state index contributed by atoms with van der Waals surface area (Å²) in [4.78, 5) is 0. The molecule has 1 aromatic rings. The van der Waals surface area contributed by atoms with E-state index >= 15 is 0 Å². The second-order valence-corrected chi connectivity index (χ2v) is 5.59. The van der Waals surface area contributed by atoms with E-state index in [1.54, 1.807) is 12.1 Å². The van der Waals surface area contributed by atoms with Gasteiger partial charge in [0.1, 0.15) is 5.75 Å². The van der Waals surface area contributed by atoms with Gasteiger partial charge in [-0.1, -0.05) is 31.4 Å². The maximum atomic E-state index is 12.0. The Morgan fingerprint density at radius 2 is 1.80 bits per heavy atom. The van der Waals surface area contributed by atoms with Crippen molar-refractivity contribution in [2.45, 2.75) is 58.2 Å². The molecule has 2 nitrogen and oxygen atoms in total. The molecule has 0 spiro atoms. The number of hydrogen-bond acceptors (Lipinski definition) is 2. The molecule has 1 atom stereocenters. The highest BCUT2D eigenvalue weighted by molar-refractivity contribution is 5.27. The van der Waals surface area contributed by atoms with E-state index in [0.29, 0.717) is 6.04 Å². The number of ether oxygens (including phenoxy) is 1. The van der Waals surface area contributed by atoms with Crippen molar-refractivity contribution in [3.8, 4) is 5.75 Å². The van der Waals surface area contributed by atoms with Crippen LogP contribution in [0.25, 0.3) is 0 Å². The first kappa shape index (κ1) is 15.2. The Morgan fingerprint density at radius 3 is 2.40 bits per heavy atom. The molecule has 0 bridgehead atoms. The van der Waals surface area contributed by atoms with Gasteiger partial charge >= 0.3 is 6.61 Å². The summed E-state index contributed by atoms with van der Waals surface area (Å²) in [6, 6.07) is 7.35. The Bertz CT molecular complexity index is 388. The highest BCUT2D eigenvalue weighted by atomic mass is 19.3. The zero-order chi connectivity index (χ0) is 14.4. The normalized spacial score (nSPS) is 18.2. The summed E-state index contributed by atoms with van der Waals surface area (Å²) in [6.45, 7) is 0.252. The van der Waals surface area contributed by atoms with Crippen LogP contribution in [0.1, 0.15) is 44.6 Å². The van der Waals surface area contributed by atoms with Crippen LogP contribution in [-0.2, 0) is 6.54 Å². The van der Waals surface area contributed by atoms with Crippen molar-refractivity contribution in [1.29, 1.82) is 0 Å². The lowest BCUT2D eigenvalue weighted by molar-refractivity contribution is -0.0498. The van der Waals surface area contributed by atoms with Gasteiger partial charge in [-0.15, -0.1) is 0 Å². The minimum atomic E-state index is -2.76. The molecule has 4 heteroatoms. The second kappa shape index (κ2) is 7.58. The lowest BCUT2D eigenvalue weighted by Gasteiger charge is -2.28. The fraction of sp³-hybridized carbons (Fsp3) is 0.625. The van der Waals surface area contributed by atoms with Gasteiger partial charge in [-0.05, 0) is 43.4 Å². The lowest BCUT2D eigenvalue weighted by Crippen LogP contribution is -2.34. The molecule has 1 N–H and O–H groups in total. The first-order valence-electron chi connectivity index (χ1n) is 7.42. The Kier molecular flexibility index (Phi) is 5.77. The molecule has 1 aliphatic carbocycles. The molecule has 112 valence electrons. The number of nitrogens with one attached hydrogen (secondary N) is 1. The fourth-order valence-electron chi connectivity index (χ4n) is 2.87.